The quantitative estimate of drug-likeness (QED) is 0.570. The largest absolute Gasteiger partial charge is 0.355 e. The van der Waals surface area contributed by atoms with Crippen LogP contribution in [-0.2, 0) is 4.79 Å². The Bertz CT molecular complexity index is 198. The van der Waals surface area contributed by atoms with Gasteiger partial charge in [-0.05, 0) is 25.6 Å². The summed E-state index contributed by atoms with van der Waals surface area (Å²) >= 11 is 1.69. The fraction of sp³-hybridized carbons (Fsp3) is 0.917. The number of carbonyl (C=O) groups is 1. The second-order valence-electron chi connectivity index (χ2n) is 4.22. The first-order chi connectivity index (χ1) is 8.13. The molecule has 0 rings (SSSR count). The lowest BCUT2D eigenvalue weighted by atomic mass is 10.2. The van der Waals surface area contributed by atoms with Crippen LogP contribution in [0.15, 0.2) is 0 Å². The van der Waals surface area contributed by atoms with Gasteiger partial charge in [-0.1, -0.05) is 20.8 Å². The van der Waals surface area contributed by atoms with Crippen LogP contribution in [-0.4, -0.2) is 55.0 Å². The average Bonchev–Trinajstić information content (AvgIpc) is 2.36. The molecule has 0 bridgehead atoms. The molecule has 1 atom stereocenters. The number of hydrogen-bond acceptors (Lipinski definition) is 4. The van der Waals surface area contributed by atoms with Gasteiger partial charge in [0.05, 0.1) is 5.75 Å². The number of hydrogen-bond donors (Lipinski definition) is 2. The van der Waals surface area contributed by atoms with E-state index in [1.54, 1.807) is 11.8 Å². The summed E-state index contributed by atoms with van der Waals surface area (Å²) < 4.78 is 0. The zero-order valence-electron chi connectivity index (χ0n) is 11.4. The minimum absolute atomic E-state index is 0.120. The Hall–Kier alpha value is -0.260. The molecule has 0 aromatic heterocycles. The molecule has 0 fully saturated rings. The van der Waals surface area contributed by atoms with Crippen LogP contribution in [0.25, 0.3) is 0 Å². The third-order valence-electron chi connectivity index (χ3n) is 2.73. The van der Waals surface area contributed by atoms with E-state index in [9.17, 15) is 4.79 Å². The van der Waals surface area contributed by atoms with Crippen molar-refractivity contribution in [2.24, 2.45) is 11.7 Å². The highest BCUT2D eigenvalue weighted by Gasteiger charge is 2.05. The van der Waals surface area contributed by atoms with Crippen molar-refractivity contribution in [2.45, 2.75) is 20.8 Å². The van der Waals surface area contributed by atoms with E-state index in [1.807, 2.05) is 6.92 Å². The van der Waals surface area contributed by atoms with Crippen LogP contribution in [0.2, 0.25) is 0 Å². The van der Waals surface area contributed by atoms with Crippen molar-refractivity contribution in [1.29, 1.82) is 0 Å². The van der Waals surface area contributed by atoms with Crippen LogP contribution in [0.4, 0.5) is 0 Å². The van der Waals surface area contributed by atoms with E-state index in [1.165, 1.54) is 0 Å². The Kier molecular flexibility index (Phi) is 10.7. The first-order valence-electron chi connectivity index (χ1n) is 6.40. The highest BCUT2D eigenvalue weighted by Crippen LogP contribution is 2.01. The highest BCUT2D eigenvalue weighted by atomic mass is 32.2. The number of nitrogens with one attached hydrogen (secondary N) is 1. The number of nitrogens with zero attached hydrogens (tertiary/aromatic N) is 1. The van der Waals surface area contributed by atoms with Gasteiger partial charge in [0.2, 0.25) is 5.91 Å². The summed E-state index contributed by atoms with van der Waals surface area (Å²) in [5.41, 5.74) is 5.48. The van der Waals surface area contributed by atoms with E-state index in [0.29, 0.717) is 24.8 Å². The summed E-state index contributed by atoms with van der Waals surface area (Å²) in [5.74, 6) is 2.05. The van der Waals surface area contributed by atoms with Crippen LogP contribution >= 0.6 is 11.8 Å². The summed E-state index contributed by atoms with van der Waals surface area (Å²) in [7, 11) is 0. The monoisotopic (exact) mass is 261 g/mol. The Morgan fingerprint density at radius 1 is 1.41 bits per heavy atom. The molecule has 4 nitrogen and oxygen atoms in total. The molecule has 0 saturated heterocycles. The molecule has 0 aliphatic rings. The summed E-state index contributed by atoms with van der Waals surface area (Å²) in [5, 5.41) is 2.90. The molecule has 0 spiro atoms. The van der Waals surface area contributed by atoms with Crippen LogP contribution in [0, 0.1) is 5.92 Å². The zero-order valence-corrected chi connectivity index (χ0v) is 12.2. The van der Waals surface area contributed by atoms with E-state index < -0.39 is 0 Å². The second kappa shape index (κ2) is 10.9. The van der Waals surface area contributed by atoms with Crippen LogP contribution in [0.1, 0.15) is 20.8 Å². The summed E-state index contributed by atoms with van der Waals surface area (Å²) in [6, 6.07) is 0. The van der Waals surface area contributed by atoms with Crippen molar-refractivity contribution in [2.75, 3.05) is 44.2 Å². The molecule has 0 saturated carbocycles. The maximum atomic E-state index is 11.5. The molecule has 0 radical (unpaired) electrons. The lowest BCUT2D eigenvalue weighted by Gasteiger charge is -2.17. The molecule has 17 heavy (non-hydrogen) atoms. The lowest BCUT2D eigenvalue weighted by molar-refractivity contribution is -0.118. The average molecular weight is 261 g/mol. The van der Waals surface area contributed by atoms with Gasteiger partial charge in [0.25, 0.3) is 0 Å². The summed E-state index contributed by atoms with van der Waals surface area (Å²) in [6.45, 7) is 10.9. The van der Waals surface area contributed by atoms with Gasteiger partial charge in [-0.15, -0.1) is 0 Å². The Labute approximate surface area is 110 Å². The van der Waals surface area contributed by atoms with E-state index >= 15 is 0 Å². The van der Waals surface area contributed by atoms with Crippen LogP contribution < -0.4 is 11.1 Å². The van der Waals surface area contributed by atoms with Gasteiger partial charge < -0.3 is 16.0 Å². The smallest absolute Gasteiger partial charge is 0.230 e. The maximum Gasteiger partial charge on any atom is 0.230 e. The molecule has 1 amide bonds. The number of nitrogens with two attached hydrogens (primary N) is 1. The molecule has 0 aliphatic carbocycles. The molecule has 5 heteroatoms. The number of amides is 1. The third kappa shape index (κ3) is 9.44. The van der Waals surface area contributed by atoms with E-state index in [0.717, 1.165) is 25.4 Å². The first-order valence-corrected chi connectivity index (χ1v) is 7.56. The molecule has 0 aromatic carbocycles. The van der Waals surface area contributed by atoms with Gasteiger partial charge in [0.1, 0.15) is 0 Å². The van der Waals surface area contributed by atoms with Crippen molar-refractivity contribution in [1.82, 2.24) is 10.2 Å². The Morgan fingerprint density at radius 2 is 2.06 bits per heavy atom. The summed E-state index contributed by atoms with van der Waals surface area (Å²) in [6.07, 6.45) is 0. The Balaban J connectivity index is 3.45. The van der Waals surface area contributed by atoms with Gasteiger partial charge in [-0.3, -0.25) is 4.79 Å². The predicted molar refractivity (Wildman–Crippen MR) is 76.3 cm³/mol. The van der Waals surface area contributed by atoms with Crippen molar-refractivity contribution in [3.05, 3.63) is 0 Å². The fourth-order valence-electron chi connectivity index (χ4n) is 1.32. The second-order valence-corrected chi connectivity index (χ2v) is 5.33. The summed E-state index contributed by atoms with van der Waals surface area (Å²) in [4.78, 5) is 13.8. The van der Waals surface area contributed by atoms with Crippen molar-refractivity contribution in [3.63, 3.8) is 0 Å². The fourth-order valence-corrected chi connectivity index (χ4v) is 2.14. The standard InChI is InChI=1S/C12H27N3OS/c1-4-15(5-2)6-7-17-10-12(16)14-9-11(3)8-13/h11H,4-10,13H2,1-3H3,(H,14,16). The normalized spacial score (nSPS) is 12.8. The van der Waals surface area contributed by atoms with Crippen molar-refractivity contribution in [3.8, 4) is 0 Å². The first kappa shape index (κ1) is 16.7. The molecule has 0 heterocycles. The number of rotatable bonds is 10. The topological polar surface area (TPSA) is 58.4 Å². The molecular weight excluding hydrogens is 234 g/mol. The molecule has 0 aromatic rings. The minimum atomic E-state index is 0.120. The van der Waals surface area contributed by atoms with Crippen molar-refractivity contribution >= 4 is 17.7 Å². The third-order valence-corrected chi connectivity index (χ3v) is 3.67. The van der Waals surface area contributed by atoms with E-state index in [-0.39, 0.29) is 5.91 Å². The number of carbonyl (C=O) groups excluding carboxylic acids is 1. The highest BCUT2D eigenvalue weighted by molar-refractivity contribution is 7.99. The zero-order chi connectivity index (χ0) is 13.1. The molecule has 102 valence electrons. The molecule has 1 unspecified atom stereocenters. The minimum Gasteiger partial charge on any atom is -0.355 e. The number of thioether (sulfide) groups is 1. The van der Waals surface area contributed by atoms with Crippen molar-refractivity contribution < 1.29 is 4.79 Å². The Morgan fingerprint density at radius 3 is 2.59 bits per heavy atom. The van der Waals surface area contributed by atoms with Gasteiger partial charge >= 0.3 is 0 Å². The van der Waals surface area contributed by atoms with Crippen LogP contribution in [0.3, 0.4) is 0 Å². The lowest BCUT2D eigenvalue weighted by Crippen LogP contribution is -2.32. The predicted octanol–water partition coefficient (Wildman–Crippen LogP) is 0.772. The van der Waals surface area contributed by atoms with Gasteiger partial charge in [-0.2, -0.15) is 11.8 Å². The molecule has 3 N–H and O–H groups in total. The van der Waals surface area contributed by atoms with Crippen LogP contribution in [0.5, 0.6) is 0 Å². The SMILES string of the molecule is CCN(CC)CCSCC(=O)NCC(C)CN. The molecule has 0 aliphatic heterocycles. The van der Waals surface area contributed by atoms with E-state index in [2.05, 4.69) is 24.1 Å². The molecular formula is C12H27N3OS. The van der Waals surface area contributed by atoms with Gasteiger partial charge in [0, 0.05) is 18.8 Å². The van der Waals surface area contributed by atoms with Gasteiger partial charge in [0.15, 0.2) is 0 Å². The van der Waals surface area contributed by atoms with E-state index in [4.69, 9.17) is 5.73 Å². The van der Waals surface area contributed by atoms with Gasteiger partial charge in [-0.25, -0.2) is 0 Å². The maximum absolute atomic E-state index is 11.5.